The van der Waals surface area contributed by atoms with E-state index in [0.29, 0.717) is 0 Å². The van der Waals surface area contributed by atoms with Crippen LogP contribution in [-0.4, -0.2) is 12.2 Å². The van der Waals surface area contributed by atoms with Crippen molar-refractivity contribution in [2.75, 3.05) is 7.11 Å². The van der Waals surface area contributed by atoms with Crippen LogP contribution < -0.4 is 4.74 Å². The number of methoxy groups -OCH3 is 1. The average Bonchev–Trinajstić information content (AvgIpc) is 3.02. The number of aliphatic hydroxyl groups is 1. The molecule has 82 valence electrons. The summed E-state index contributed by atoms with van der Waals surface area (Å²) in [5.41, 5.74) is 0.932. The number of halogens is 1. The van der Waals surface area contributed by atoms with Gasteiger partial charge in [-0.1, -0.05) is 28.8 Å². The van der Waals surface area contributed by atoms with E-state index in [2.05, 4.69) is 15.9 Å². The Labute approximate surface area is 98.4 Å². The molecule has 0 spiro atoms. The number of rotatable bonds is 4. The number of aliphatic hydroxyl groups excluding tert-OH is 1. The van der Waals surface area contributed by atoms with E-state index >= 15 is 0 Å². The van der Waals surface area contributed by atoms with Crippen molar-refractivity contribution < 1.29 is 9.84 Å². The highest BCUT2D eigenvalue weighted by molar-refractivity contribution is 9.10. The molecule has 0 aliphatic heterocycles. The van der Waals surface area contributed by atoms with Crippen LogP contribution >= 0.6 is 15.9 Å². The van der Waals surface area contributed by atoms with E-state index in [9.17, 15) is 5.11 Å². The first-order valence-corrected chi connectivity index (χ1v) is 6.01. The van der Waals surface area contributed by atoms with Crippen molar-refractivity contribution in [2.45, 2.75) is 25.4 Å². The Kier molecular flexibility index (Phi) is 3.32. The normalized spacial score (nSPS) is 17.5. The molecule has 0 amide bonds. The topological polar surface area (TPSA) is 29.5 Å². The van der Waals surface area contributed by atoms with Crippen LogP contribution in [0.5, 0.6) is 5.75 Å². The van der Waals surface area contributed by atoms with Gasteiger partial charge in [0.15, 0.2) is 0 Å². The zero-order valence-corrected chi connectivity index (χ0v) is 10.3. The van der Waals surface area contributed by atoms with E-state index in [0.717, 1.165) is 28.1 Å². The van der Waals surface area contributed by atoms with Gasteiger partial charge in [0.25, 0.3) is 0 Å². The van der Waals surface area contributed by atoms with Gasteiger partial charge in [-0.25, -0.2) is 0 Å². The van der Waals surface area contributed by atoms with Crippen LogP contribution in [0.2, 0.25) is 0 Å². The Bertz CT molecular complexity index is 347. The van der Waals surface area contributed by atoms with Crippen molar-refractivity contribution in [1.82, 2.24) is 0 Å². The molecule has 1 N–H and O–H groups in total. The summed E-state index contributed by atoms with van der Waals surface area (Å²) in [4.78, 5) is 0. The van der Waals surface area contributed by atoms with Gasteiger partial charge in [0.2, 0.25) is 0 Å². The molecule has 0 radical (unpaired) electrons. The predicted octanol–water partition coefficient (Wildman–Crippen LogP) is 3.29. The van der Waals surface area contributed by atoms with Gasteiger partial charge in [0, 0.05) is 4.47 Å². The fraction of sp³-hybridized carbons (Fsp3) is 0.500. The van der Waals surface area contributed by atoms with Crippen molar-refractivity contribution in [2.24, 2.45) is 5.92 Å². The molecule has 15 heavy (non-hydrogen) atoms. The SMILES string of the molecule is COc1ccc(Br)c(C(O)CC2CC2)c1. The molecule has 1 aromatic rings. The van der Waals surface area contributed by atoms with Gasteiger partial charge in [-0.05, 0) is 36.1 Å². The summed E-state index contributed by atoms with van der Waals surface area (Å²) in [5.74, 6) is 1.51. The number of hydrogen-bond donors (Lipinski definition) is 1. The molecular weight excluding hydrogens is 256 g/mol. The van der Waals surface area contributed by atoms with Crippen molar-refractivity contribution in [3.05, 3.63) is 28.2 Å². The van der Waals surface area contributed by atoms with Gasteiger partial charge in [-0.3, -0.25) is 0 Å². The van der Waals surface area contributed by atoms with Crippen molar-refractivity contribution in [3.63, 3.8) is 0 Å². The van der Waals surface area contributed by atoms with E-state index in [1.54, 1.807) is 7.11 Å². The van der Waals surface area contributed by atoms with Crippen LogP contribution in [-0.2, 0) is 0 Å². The van der Waals surface area contributed by atoms with Crippen LogP contribution in [0.15, 0.2) is 22.7 Å². The van der Waals surface area contributed by atoms with E-state index < -0.39 is 0 Å². The maximum atomic E-state index is 10.0. The predicted molar refractivity (Wildman–Crippen MR) is 63.0 cm³/mol. The monoisotopic (exact) mass is 270 g/mol. The third kappa shape index (κ3) is 2.73. The summed E-state index contributed by atoms with van der Waals surface area (Å²) in [5, 5.41) is 10.0. The van der Waals surface area contributed by atoms with E-state index in [-0.39, 0.29) is 6.10 Å². The van der Waals surface area contributed by atoms with Crippen LogP contribution in [0.4, 0.5) is 0 Å². The highest BCUT2D eigenvalue weighted by Crippen LogP contribution is 2.39. The summed E-state index contributed by atoms with van der Waals surface area (Å²) in [6.07, 6.45) is 3.02. The zero-order valence-electron chi connectivity index (χ0n) is 8.74. The Morgan fingerprint density at radius 3 is 2.87 bits per heavy atom. The lowest BCUT2D eigenvalue weighted by molar-refractivity contribution is 0.159. The lowest BCUT2D eigenvalue weighted by Gasteiger charge is -2.13. The van der Waals surface area contributed by atoms with Crippen LogP contribution in [0, 0.1) is 5.92 Å². The van der Waals surface area contributed by atoms with Crippen LogP contribution in [0.3, 0.4) is 0 Å². The summed E-state index contributed by atoms with van der Waals surface area (Å²) in [6.45, 7) is 0. The number of hydrogen-bond acceptors (Lipinski definition) is 2. The van der Waals surface area contributed by atoms with E-state index in [1.807, 2.05) is 18.2 Å². The number of benzene rings is 1. The fourth-order valence-corrected chi connectivity index (χ4v) is 2.21. The third-order valence-corrected chi connectivity index (χ3v) is 3.54. The molecule has 1 aliphatic carbocycles. The molecular formula is C12H15BrO2. The molecule has 0 heterocycles. The molecule has 1 unspecified atom stereocenters. The molecule has 0 saturated heterocycles. The molecule has 0 bridgehead atoms. The summed E-state index contributed by atoms with van der Waals surface area (Å²) >= 11 is 3.46. The molecule has 1 saturated carbocycles. The van der Waals surface area contributed by atoms with Gasteiger partial charge >= 0.3 is 0 Å². The van der Waals surface area contributed by atoms with Crippen molar-refractivity contribution >= 4 is 15.9 Å². The number of ether oxygens (including phenoxy) is 1. The highest BCUT2D eigenvalue weighted by atomic mass is 79.9. The second-order valence-electron chi connectivity index (χ2n) is 4.08. The standard InChI is InChI=1S/C12H15BrO2/c1-15-9-4-5-11(13)10(7-9)12(14)6-8-2-3-8/h4-5,7-8,12,14H,2-3,6H2,1H3. The highest BCUT2D eigenvalue weighted by Gasteiger charge is 2.26. The minimum atomic E-state index is -0.373. The van der Waals surface area contributed by atoms with Gasteiger partial charge in [-0.15, -0.1) is 0 Å². The molecule has 1 aromatic carbocycles. The minimum Gasteiger partial charge on any atom is -0.497 e. The second-order valence-corrected chi connectivity index (χ2v) is 4.94. The summed E-state index contributed by atoms with van der Waals surface area (Å²) in [7, 11) is 1.64. The maximum Gasteiger partial charge on any atom is 0.119 e. The average molecular weight is 271 g/mol. The van der Waals surface area contributed by atoms with Gasteiger partial charge in [0.05, 0.1) is 13.2 Å². The first-order chi connectivity index (χ1) is 7.20. The Morgan fingerprint density at radius 2 is 2.27 bits per heavy atom. The van der Waals surface area contributed by atoms with Gasteiger partial charge < -0.3 is 9.84 Å². The van der Waals surface area contributed by atoms with Crippen molar-refractivity contribution in [3.8, 4) is 5.75 Å². The fourth-order valence-electron chi connectivity index (χ4n) is 1.70. The lowest BCUT2D eigenvalue weighted by Crippen LogP contribution is -2.00. The first kappa shape index (κ1) is 11.0. The minimum absolute atomic E-state index is 0.373. The van der Waals surface area contributed by atoms with E-state index in [1.165, 1.54) is 12.8 Å². The molecule has 2 rings (SSSR count). The van der Waals surface area contributed by atoms with E-state index in [4.69, 9.17) is 4.74 Å². The molecule has 0 aromatic heterocycles. The van der Waals surface area contributed by atoms with Crippen LogP contribution in [0.1, 0.15) is 30.9 Å². The Hall–Kier alpha value is -0.540. The Balaban J connectivity index is 2.16. The molecule has 1 fully saturated rings. The molecule has 1 aliphatic rings. The smallest absolute Gasteiger partial charge is 0.119 e. The van der Waals surface area contributed by atoms with Gasteiger partial charge in [0.1, 0.15) is 5.75 Å². The molecule has 2 nitrogen and oxygen atoms in total. The lowest BCUT2D eigenvalue weighted by atomic mass is 10.0. The largest absolute Gasteiger partial charge is 0.497 e. The zero-order chi connectivity index (χ0) is 10.8. The molecule has 3 heteroatoms. The summed E-state index contributed by atoms with van der Waals surface area (Å²) in [6, 6.07) is 5.71. The second kappa shape index (κ2) is 4.54. The first-order valence-electron chi connectivity index (χ1n) is 5.22. The van der Waals surface area contributed by atoms with Crippen LogP contribution in [0.25, 0.3) is 0 Å². The Morgan fingerprint density at radius 1 is 1.53 bits per heavy atom. The molecule has 1 atom stereocenters. The maximum absolute atomic E-state index is 10.0. The third-order valence-electron chi connectivity index (χ3n) is 2.82. The quantitative estimate of drug-likeness (QED) is 0.910. The summed E-state index contributed by atoms with van der Waals surface area (Å²) < 4.78 is 6.10. The van der Waals surface area contributed by atoms with Crippen molar-refractivity contribution in [1.29, 1.82) is 0 Å². The van der Waals surface area contributed by atoms with Gasteiger partial charge in [-0.2, -0.15) is 0 Å².